The third kappa shape index (κ3) is 4.86. The van der Waals surface area contributed by atoms with E-state index < -0.39 is 5.92 Å². The lowest BCUT2D eigenvalue weighted by atomic mass is 9.91. The molecule has 5 heteroatoms. The fourth-order valence-corrected chi connectivity index (χ4v) is 3.06. The van der Waals surface area contributed by atoms with Gasteiger partial charge in [0.15, 0.2) is 0 Å². The van der Waals surface area contributed by atoms with E-state index in [-0.39, 0.29) is 23.6 Å². The summed E-state index contributed by atoms with van der Waals surface area (Å²) in [6.07, 6.45) is 2.43. The fourth-order valence-electron chi connectivity index (χ4n) is 3.06. The number of benzene rings is 2. The first-order valence-electron chi connectivity index (χ1n) is 8.51. The number of rotatable bonds is 6. The number of halogens is 2. The summed E-state index contributed by atoms with van der Waals surface area (Å²) in [6.45, 7) is 1.21. The largest absolute Gasteiger partial charge is 0.376 e. The summed E-state index contributed by atoms with van der Waals surface area (Å²) < 4.78 is 31.9. The fraction of sp³-hybridized carbons (Fsp3) is 0.350. The van der Waals surface area contributed by atoms with Crippen molar-refractivity contribution >= 4 is 5.91 Å². The maximum absolute atomic E-state index is 13.2. The van der Waals surface area contributed by atoms with Crippen molar-refractivity contribution in [3.8, 4) is 0 Å². The molecule has 132 valence electrons. The number of ether oxygens (including phenoxy) is 1. The minimum Gasteiger partial charge on any atom is -0.376 e. The molecule has 2 unspecified atom stereocenters. The number of hydrogen-bond donors (Lipinski definition) is 1. The van der Waals surface area contributed by atoms with Crippen LogP contribution in [0.2, 0.25) is 0 Å². The van der Waals surface area contributed by atoms with Gasteiger partial charge in [-0.1, -0.05) is 24.3 Å². The van der Waals surface area contributed by atoms with Crippen LogP contribution < -0.4 is 5.32 Å². The van der Waals surface area contributed by atoms with Crippen molar-refractivity contribution in [1.29, 1.82) is 0 Å². The van der Waals surface area contributed by atoms with Crippen molar-refractivity contribution in [3.63, 3.8) is 0 Å². The van der Waals surface area contributed by atoms with Gasteiger partial charge in [0.05, 0.1) is 12.0 Å². The highest BCUT2D eigenvalue weighted by Gasteiger charge is 2.23. The van der Waals surface area contributed by atoms with E-state index in [1.165, 1.54) is 24.3 Å². The van der Waals surface area contributed by atoms with Gasteiger partial charge in [0.25, 0.3) is 0 Å². The Balaban J connectivity index is 1.73. The van der Waals surface area contributed by atoms with Crippen molar-refractivity contribution in [2.75, 3.05) is 13.2 Å². The molecule has 3 rings (SSSR count). The summed E-state index contributed by atoms with van der Waals surface area (Å²) in [5.74, 6) is -1.26. The van der Waals surface area contributed by atoms with Crippen LogP contribution in [0, 0.1) is 11.6 Å². The normalized spacial score (nSPS) is 18.1. The smallest absolute Gasteiger partial charge is 0.227 e. The highest BCUT2D eigenvalue weighted by atomic mass is 19.1. The molecule has 2 aromatic rings. The molecule has 1 N–H and O–H groups in total. The lowest BCUT2D eigenvalue weighted by Gasteiger charge is -2.19. The molecule has 0 aliphatic carbocycles. The first-order chi connectivity index (χ1) is 12.1. The van der Waals surface area contributed by atoms with Crippen LogP contribution in [0.4, 0.5) is 8.78 Å². The van der Waals surface area contributed by atoms with E-state index in [9.17, 15) is 13.6 Å². The van der Waals surface area contributed by atoms with Crippen LogP contribution >= 0.6 is 0 Å². The molecule has 0 spiro atoms. The van der Waals surface area contributed by atoms with Crippen molar-refractivity contribution in [2.24, 2.45) is 0 Å². The average molecular weight is 345 g/mol. The number of amides is 1. The zero-order valence-corrected chi connectivity index (χ0v) is 13.9. The molecule has 1 aliphatic heterocycles. The van der Waals surface area contributed by atoms with Crippen LogP contribution in [0.5, 0.6) is 0 Å². The van der Waals surface area contributed by atoms with Crippen LogP contribution in [0.15, 0.2) is 48.5 Å². The Bertz CT molecular complexity index is 695. The topological polar surface area (TPSA) is 38.3 Å². The SMILES string of the molecule is O=C(NCC1CCCO1)C(Cc1ccc(F)cc1)c1ccc(F)cc1. The molecular formula is C20H21F2NO2. The van der Waals surface area contributed by atoms with Gasteiger partial charge in [0.1, 0.15) is 11.6 Å². The van der Waals surface area contributed by atoms with E-state index in [1.54, 1.807) is 24.3 Å². The molecule has 3 nitrogen and oxygen atoms in total. The molecule has 1 heterocycles. The first kappa shape index (κ1) is 17.5. The molecule has 2 atom stereocenters. The molecule has 1 amide bonds. The van der Waals surface area contributed by atoms with Gasteiger partial charge in [-0.3, -0.25) is 4.79 Å². The van der Waals surface area contributed by atoms with Gasteiger partial charge in [-0.2, -0.15) is 0 Å². The minimum absolute atomic E-state index is 0.0589. The molecule has 1 aliphatic rings. The highest BCUT2D eigenvalue weighted by Crippen LogP contribution is 2.22. The van der Waals surface area contributed by atoms with E-state index in [0.717, 1.165) is 30.6 Å². The summed E-state index contributed by atoms with van der Waals surface area (Å²) in [5.41, 5.74) is 1.58. The Kier molecular flexibility index (Phi) is 5.76. The lowest BCUT2D eigenvalue weighted by molar-refractivity contribution is -0.123. The maximum atomic E-state index is 13.2. The zero-order valence-electron chi connectivity index (χ0n) is 13.9. The Labute approximate surface area is 146 Å². The van der Waals surface area contributed by atoms with Gasteiger partial charge in [-0.15, -0.1) is 0 Å². The van der Waals surface area contributed by atoms with Crippen molar-refractivity contribution in [3.05, 3.63) is 71.3 Å². The highest BCUT2D eigenvalue weighted by molar-refractivity contribution is 5.84. The van der Waals surface area contributed by atoms with Crippen LogP contribution in [0.3, 0.4) is 0 Å². The predicted molar refractivity (Wildman–Crippen MR) is 91.2 cm³/mol. The van der Waals surface area contributed by atoms with Crippen LogP contribution in [0.1, 0.15) is 29.9 Å². The van der Waals surface area contributed by atoms with E-state index in [1.807, 2.05) is 0 Å². The number of hydrogen-bond acceptors (Lipinski definition) is 2. The third-order valence-electron chi connectivity index (χ3n) is 4.47. The second-order valence-electron chi connectivity index (χ2n) is 6.31. The van der Waals surface area contributed by atoms with E-state index in [4.69, 9.17) is 4.74 Å². The summed E-state index contributed by atoms with van der Waals surface area (Å²) in [7, 11) is 0. The molecule has 0 saturated carbocycles. The molecular weight excluding hydrogens is 324 g/mol. The van der Waals surface area contributed by atoms with Gasteiger partial charge < -0.3 is 10.1 Å². The predicted octanol–water partition coefficient (Wildman–Crippen LogP) is 3.59. The summed E-state index contributed by atoms with van der Waals surface area (Å²) in [4.78, 5) is 12.7. The van der Waals surface area contributed by atoms with Gasteiger partial charge >= 0.3 is 0 Å². The molecule has 0 radical (unpaired) electrons. The number of carbonyl (C=O) groups is 1. The Morgan fingerprint density at radius 1 is 1.08 bits per heavy atom. The Hall–Kier alpha value is -2.27. The Morgan fingerprint density at radius 3 is 2.32 bits per heavy atom. The van der Waals surface area contributed by atoms with Crippen molar-refractivity contribution < 1.29 is 18.3 Å². The van der Waals surface area contributed by atoms with Gasteiger partial charge in [0, 0.05) is 13.2 Å². The number of nitrogens with one attached hydrogen (secondary N) is 1. The second-order valence-corrected chi connectivity index (χ2v) is 6.31. The lowest BCUT2D eigenvalue weighted by Crippen LogP contribution is -2.36. The number of carbonyl (C=O) groups excluding carboxylic acids is 1. The maximum Gasteiger partial charge on any atom is 0.227 e. The van der Waals surface area contributed by atoms with E-state index in [0.29, 0.717) is 13.0 Å². The molecule has 2 aromatic carbocycles. The van der Waals surface area contributed by atoms with Crippen molar-refractivity contribution in [1.82, 2.24) is 5.32 Å². The monoisotopic (exact) mass is 345 g/mol. The molecule has 0 bridgehead atoms. The quantitative estimate of drug-likeness (QED) is 0.869. The summed E-state index contributed by atoms with van der Waals surface area (Å²) in [5, 5.41) is 2.94. The van der Waals surface area contributed by atoms with Crippen LogP contribution in [-0.2, 0) is 16.0 Å². The first-order valence-corrected chi connectivity index (χ1v) is 8.51. The van der Waals surface area contributed by atoms with Crippen molar-refractivity contribution in [2.45, 2.75) is 31.3 Å². The standard InChI is InChI=1S/C20H21F2NO2/c21-16-7-3-14(4-8-16)12-19(15-5-9-17(22)10-6-15)20(24)23-13-18-2-1-11-25-18/h3-10,18-19H,1-2,11-13H2,(H,23,24). The second kappa shape index (κ2) is 8.21. The minimum atomic E-state index is -0.465. The van der Waals surface area contributed by atoms with Gasteiger partial charge in [-0.25, -0.2) is 8.78 Å². The van der Waals surface area contributed by atoms with E-state index >= 15 is 0 Å². The summed E-state index contributed by atoms with van der Waals surface area (Å²) >= 11 is 0. The van der Waals surface area contributed by atoms with Crippen LogP contribution in [-0.4, -0.2) is 25.2 Å². The average Bonchev–Trinajstić information content (AvgIpc) is 3.14. The Morgan fingerprint density at radius 2 is 1.72 bits per heavy atom. The third-order valence-corrected chi connectivity index (χ3v) is 4.47. The van der Waals surface area contributed by atoms with Gasteiger partial charge in [0.2, 0.25) is 5.91 Å². The molecule has 25 heavy (non-hydrogen) atoms. The van der Waals surface area contributed by atoms with E-state index in [2.05, 4.69) is 5.32 Å². The van der Waals surface area contributed by atoms with Gasteiger partial charge in [-0.05, 0) is 54.7 Å². The molecule has 0 aromatic heterocycles. The summed E-state index contributed by atoms with van der Waals surface area (Å²) in [6, 6.07) is 12.0. The molecule has 1 saturated heterocycles. The zero-order chi connectivity index (χ0) is 17.6. The van der Waals surface area contributed by atoms with Crippen LogP contribution in [0.25, 0.3) is 0 Å². The molecule has 1 fully saturated rings.